The van der Waals surface area contributed by atoms with Crippen molar-refractivity contribution in [3.63, 3.8) is 0 Å². The first-order valence-corrected chi connectivity index (χ1v) is 5.37. The molecule has 1 aromatic carbocycles. The molecular formula is C14H10N3. The highest BCUT2D eigenvalue weighted by atomic mass is 15.3. The number of rotatable bonds is 2. The Bertz CT molecular complexity index is 546. The van der Waals surface area contributed by atoms with Crippen LogP contribution in [0.4, 0.5) is 0 Å². The maximum Gasteiger partial charge on any atom is 0.101 e. The lowest BCUT2D eigenvalue weighted by Gasteiger charge is -1.99. The molecule has 2 aromatic heterocycles. The van der Waals surface area contributed by atoms with E-state index >= 15 is 0 Å². The fourth-order valence-electron chi connectivity index (χ4n) is 1.65. The van der Waals surface area contributed by atoms with E-state index < -0.39 is 0 Å². The van der Waals surface area contributed by atoms with Crippen LogP contribution in [0.15, 0.2) is 61.1 Å². The summed E-state index contributed by atoms with van der Waals surface area (Å²) in [6.45, 7) is 0. The van der Waals surface area contributed by atoms with E-state index in [1.807, 2.05) is 48.7 Å². The van der Waals surface area contributed by atoms with E-state index in [1.54, 1.807) is 17.1 Å². The number of nitrogens with zero attached hydrogens (tertiary/aromatic N) is 3. The lowest BCUT2D eigenvalue weighted by atomic mass is 10.2. The summed E-state index contributed by atoms with van der Waals surface area (Å²) in [6.07, 6.45) is 5.34. The monoisotopic (exact) mass is 220 g/mol. The van der Waals surface area contributed by atoms with Gasteiger partial charge in [-0.05, 0) is 12.1 Å². The van der Waals surface area contributed by atoms with Crippen LogP contribution in [-0.2, 0) is 0 Å². The van der Waals surface area contributed by atoms with Gasteiger partial charge in [0.05, 0.1) is 11.9 Å². The van der Waals surface area contributed by atoms with Gasteiger partial charge >= 0.3 is 0 Å². The van der Waals surface area contributed by atoms with E-state index in [9.17, 15) is 0 Å². The van der Waals surface area contributed by atoms with Crippen molar-refractivity contribution < 1.29 is 0 Å². The molecule has 0 atom stereocenters. The Morgan fingerprint density at radius 2 is 1.88 bits per heavy atom. The summed E-state index contributed by atoms with van der Waals surface area (Å²) in [5.74, 6) is 0. The fraction of sp³-hybridized carbons (Fsp3) is 0. The number of hydrogen-bond donors (Lipinski definition) is 0. The van der Waals surface area contributed by atoms with Gasteiger partial charge in [0, 0.05) is 24.0 Å². The van der Waals surface area contributed by atoms with Crippen molar-refractivity contribution in [3.8, 4) is 16.9 Å². The Hall–Kier alpha value is -2.42. The Kier molecular flexibility index (Phi) is 2.43. The first kappa shape index (κ1) is 9.78. The van der Waals surface area contributed by atoms with Crippen LogP contribution >= 0.6 is 0 Å². The lowest BCUT2D eigenvalue weighted by Crippen LogP contribution is -1.94. The summed E-state index contributed by atoms with van der Waals surface area (Å²) < 4.78 is 1.77. The van der Waals surface area contributed by atoms with Crippen molar-refractivity contribution in [3.05, 3.63) is 67.1 Å². The van der Waals surface area contributed by atoms with Gasteiger partial charge < -0.3 is 0 Å². The molecule has 0 unspecified atom stereocenters. The molecule has 0 spiro atoms. The smallest absolute Gasteiger partial charge is 0.101 e. The van der Waals surface area contributed by atoms with Crippen molar-refractivity contribution in [1.82, 2.24) is 14.8 Å². The fourth-order valence-corrected chi connectivity index (χ4v) is 1.65. The van der Waals surface area contributed by atoms with E-state index in [-0.39, 0.29) is 0 Å². The average molecular weight is 220 g/mol. The molecule has 3 rings (SSSR count). The van der Waals surface area contributed by atoms with Crippen LogP contribution in [0.1, 0.15) is 0 Å². The lowest BCUT2D eigenvalue weighted by molar-refractivity contribution is 0.877. The van der Waals surface area contributed by atoms with Crippen LogP contribution in [-0.4, -0.2) is 14.8 Å². The topological polar surface area (TPSA) is 30.7 Å². The molecule has 2 heterocycles. The van der Waals surface area contributed by atoms with Crippen LogP contribution in [0, 0.1) is 6.07 Å². The largest absolute Gasteiger partial charge is 0.262 e. The molecule has 0 aliphatic heterocycles. The van der Waals surface area contributed by atoms with Crippen LogP contribution in [0.5, 0.6) is 0 Å². The van der Waals surface area contributed by atoms with E-state index in [2.05, 4.69) is 16.1 Å². The standard InChI is InChI=1S/C14H10N3/c1-2-5-12(6-3-1)14-8-10-17(16-14)13-7-4-9-15-11-13/h1-7,9-11H. The Balaban J connectivity index is 1.99. The third-order valence-corrected chi connectivity index (χ3v) is 2.49. The Labute approximate surface area is 99.4 Å². The molecule has 0 aliphatic rings. The molecule has 3 nitrogen and oxygen atoms in total. The Morgan fingerprint density at radius 1 is 1.00 bits per heavy atom. The highest BCUT2D eigenvalue weighted by molar-refractivity contribution is 5.57. The molecule has 0 amide bonds. The van der Waals surface area contributed by atoms with Crippen LogP contribution in [0.25, 0.3) is 16.9 Å². The quantitative estimate of drug-likeness (QED) is 0.664. The molecule has 3 aromatic rings. The average Bonchev–Trinajstić information content (AvgIpc) is 2.90. The molecule has 0 saturated carbocycles. The number of pyridine rings is 1. The van der Waals surface area contributed by atoms with Crippen molar-refractivity contribution in [2.75, 3.05) is 0 Å². The molecule has 3 heteroatoms. The van der Waals surface area contributed by atoms with Crippen LogP contribution in [0.2, 0.25) is 0 Å². The van der Waals surface area contributed by atoms with Gasteiger partial charge in [-0.15, -0.1) is 0 Å². The molecule has 0 saturated heterocycles. The van der Waals surface area contributed by atoms with Gasteiger partial charge in [-0.2, -0.15) is 5.10 Å². The third kappa shape index (κ3) is 1.95. The highest BCUT2D eigenvalue weighted by Crippen LogP contribution is 2.16. The molecule has 0 N–H and O–H groups in total. The molecule has 1 radical (unpaired) electrons. The first-order valence-electron chi connectivity index (χ1n) is 5.37. The molecule has 81 valence electrons. The zero-order valence-corrected chi connectivity index (χ0v) is 9.12. The van der Waals surface area contributed by atoms with Gasteiger partial charge in [-0.3, -0.25) is 4.98 Å². The minimum absolute atomic E-state index is 0.842. The van der Waals surface area contributed by atoms with Gasteiger partial charge in [0.1, 0.15) is 5.69 Å². The minimum atomic E-state index is 0.842. The maximum absolute atomic E-state index is 4.47. The molecular weight excluding hydrogens is 210 g/mol. The second kappa shape index (κ2) is 4.22. The summed E-state index contributed by atoms with van der Waals surface area (Å²) in [7, 11) is 0. The molecule has 0 aliphatic carbocycles. The van der Waals surface area contributed by atoms with Gasteiger partial charge in [0.2, 0.25) is 0 Å². The van der Waals surface area contributed by atoms with Crippen molar-refractivity contribution in [1.29, 1.82) is 0 Å². The van der Waals surface area contributed by atoms with E-state index in [4.69, 9.17) is 0 Å². The number of aromatic nitrogens is 3. The zero-order valence-electron chi connectivity index (χ0n) is 9.12. The van der Waals surface area contributed by atoms with Gasteiger partial charge in [0.15, 0.2) is 0 Å². The zero-order chi connectivity index (χ0) is 11.5. The van der Waals surface area contributed by atoms with Gasteiger partial charge in [-0.25, -0.2) is 4.68 Å². The summed E-state index contributed by atoms with van der Waals surface area (Å²) >= 11 is 0. The SMILES string of the molecule is [c]1cn(-c2cccnc2)nc1-c1ccccc1. The summed E-state index contributed by atoms with van der Waals surface area (Å²) in [4.78, 5) is 4.07. The van der Waals surface area contributed by atoms with Crippen LogP contribution < -0.4 is 0 Å². The predicted octanol–water partition coefficient (Wildman–Crippen LogP) is 2.73. The van der Waals surface area contributed by atoms with Crippen molar-refractivity contribution in [2.45, 2.75) is 0 Å². The van der Waals surface area contributed by atoms with Gasteiger partial charge in [0.25, 0.3) is 0 Å². The molecule has 17 heavy (non-hydrogen) atoms. The second-order valence-corrected chi connectivity index (χ2v) is 3.64. The van der Waals surface area contributed by atoms with E-state index in [0.717, 1.165) is 16.9 Å². The third-order valence-electron chi connectivity index (χ3n) is 2.49. The minimum Gasteiger partial charge on any atom is -0.262 e. The van der Waals surface area contributed by atoms with Crippen molar-refractivity contribution in [2.24, 2.45) is 0 Å². The second-order valence-electron chi connectivity index (χ2n) is 3.64. The summed E-state index contributed by atoms with van der Waals surface area (Å²) in [5, 5.41) is 4.47. The Morgan fingerprint density at radius 3 is 2.65 bits per heavy atom. The maximum atomic E-state index is 4.47. The van der Waals surface area contributed by atoms with Gasteiger partial charge in [-0.1, -0.05) is 30.3 Å². The highest BCUT2D eigenvalue weighted by Gasteiger charge is 2.03. The molecule has 0 bridgehead atoms. The van der Waals surface area contributed by atoms with Crippen LogP contribution in [0.3, 0.4) is 0 Å². The summed E-state index contributed by atoms with van der Waals surface area (Å²) in [5.41, 5.74) is 2.84. The van der Waals surface area contributed by atoms with E-state index in [1.165, 1.54) is 0 Å². The van der Waals surface area contributed by atoms with E-state index in [0.29, 0.717) is 0 Å². The predicted molar refractivity (Wildman–Crippen MR) is 65.6 cm³/mol. The normalized spacial score (nSPS) is 10.4. The number of benzene rings is 1. The number of hydrogen-bond acceptors (Lipinski definition) is 2. The summed E-state index contributed by atoms with van der Waals surface area (Å²) in [6, 6.07) is 17.0. The molecule has 0 fully saturated rings. The first-order chi connectivity index (χ1) is 8.43. The van der Waals surface area contributed by atoms with Crippen molar-refractivity contribution >= 4 is 0 Å².